The molecule has 3 fully saturated rings. The highest BCUT2D eigenvalue weighted by atomic mass is 16.5. The molecule has 0 radical (unpaired) electrons. The van der Waals surface area contributed by atoms with Gasteiger partial charge in [0, 0.05) is 5.92 Å². The number of methoxy groups -OCH3 is 1. The van der Waals surface area contributed by atoms with Crippen LogP contribution in [0.2, 0.25) is 0 Å². The number of esters is 1. The van der Waals surface area contributed by atoms with Gasteiger partial charge in [0.2, 0.25) is 0 Å². The second kappa shape index (κ2) is 2.14. The van der Waals surface area contributed by atoms with Crippen molar-refractivity contribution < 1.29 is 14.3 Å². The van der Waals surface area contributed by atoms with Gasteiger partial charge in [-0.2, -0.15) is 0 Å². The minimum Gasteiger partial charge on any atom is -0.468 e. The lowest BCUT2D eigenvalue weighted by atomic mass is 9.92. The van der Waals surface area contributed by atoms with E-state index >= 15 is 0 Å². The van der Waals surface area contributed by atoms with Crippen LogP contribution < -0.4 is 0 Å². The van der Waals surface area contributed by atoms with Crippen LogP contribution in [0.4, 0.5) is 0 Å². The number of rotatable bonds is 1. The minimum absolute atomic E-state index is 0.171. The van der Waals surface area contributed by atoms with E-state index in [1.165, 1.54) is 7.11 Å². The van der Waals surface area contributed by atoms with Crippen molar-refractivity contribution in [3.05, 3.63) is 0 Å². The Bertz CT molecular complexity index is 297. The van der Waals surface area contributed by atoms with Gasteiger partial charge in [-0.3, -0.25) is 9.59 Å². The molecular formula is C10H12O3. The summed E-state index contributed by atoms with van der Waals surface area (Å²) in [5.74, 6) is 1.22. The minimum atomic E-state index is -0.404. The molecule has 5 atom stereocenters. The average molecular weight is 180 g/mol. The molecule has 0 spiro atoms. The molecule has 0 heterocycles. The highest BCUT2D eigenvalue weighted by molar-refractivity contribution is 6.04. The second-order valence-corrected chi connectivity index (χ2v) is 4.41. The Labute approximate surface area is 76.4 Å². The van der Waals surface area contributed by atoms with Gasteiger partial charge in [0.15, 0.2) is 5.78 Å². The molecule has 0 aliphatic heterocycles. The third-order valence-electron chi connectivity index (χ3n) is 4.08. The topological polar surface area (TPSA) is 43.4 Å². The Kier molecular flexibility index (Phi) is 1.24. The van der Waals surface area contributed by atoms with Gasteiger partial charge in [-0.25, -0.2) is 0 Å². The summed E-state index contributed by atoms with van der Waals surface area (Å²) in [6.07, 6.45) is 2.20. The first-order chi connectivity index (χ1) is 6.25. The van der Waals surface area contributed by atoms with Crippen molar-refractivity contribution in [2.45, 2.75) is 12.8 Å². The summed E-state index contributed by atoms with van der Waals surface area (Å²) in [5.41, 5.74) is 0. The van der Waals surface area contributed by atoms with Crippen LogP contribution in [-0.2, 0) is 14.3 Å². The predicted molar refractivity (Wildman–Crippen MR) is 43.7 cm³/mol. The Hall–Kier alpha value is -0.860. The van der Waals surface area contributed by atoms with E-state index in [1.807, 2.05) is 0 Å². The Morgan fingerprint density at radius 1 is 1.38 bits per heavy atom. The van der Waals surface area contributed by atoms with Crippen LogP contribution >= 0.6 is 0 Å². The van der Waals surface area contributed by atoms with Crippen molar-refractivity contribution in [3.8, 4) is 0 Å². The normalized spacial score (nSPS) is 50.5. The predicted octanol–water partition coefficient (Wildman–Crippen LogP) is 0.630. The molecule has 0 amide bonds. The van der Waals surface area contributed by atoms with E-state index in [9.17, 15) is 9.59 Å². The number of carbonyl (C=O) groups excluding carboxylic acids is 2. The van der Waals surface area contributed by atoms with Gasteiger partial charge in [-0.1, -0.05) is 0 Å². The quantitative estimate of drug-likeness (QED) is 0.439. The number of hydrogen-bond donors (Lipinski definition) is 0. The molecule has 0 aromatic heterocycles. The lowest BCUT2D eigenvalue weighted by Crippen LogP contribution is -2.28. The zero-order chi connectivity index (χ0) is 9.16. The molecule has 0 saturated heterocycles. The number of fused-ring (bicyclic) bond motifs is 1. The third-order valence-corrected chi connectivity index (χ3v) is 4.08. The fraction of sp³-hybridized carbons (Fsp3) is 0.800. The summed E-state index contributed by atoms with van der Waals surface area (Å²) in [4.78, 5) is 23.0. The van der Waals surface area contributed by atoms with Gasteiger partial charge in [-0.05, 0) is 30.6 Å². The van der Waals surface area contributed by atoms with Gasteiger partial charge in [-0.15, -0.1) is 0 Å². The summed E-state index contributed by atoms with van der Waals surface area (Å²) >= 11 is 0. The van der Waals surface area contributed by atoms with Crippen molar-refractivity contribution in [2.75, 3.05) is 7.11 Å². The molecule has 0 aromatic rings. The van der Waals surface area contributed by atoms with E-state index in [-0.39, 0.29) is 17.7 Å². The molecule has 3 rings (SSSR count). The number of ether oxygens (including phenoxy) is 1. The molecule has 2 unspecified atom stereocenters. The fourth-order valence-electron chi connectivity index (χ4n) is 3.56. The first kappa shape index (κ1) is 7.54. The Morgan fingerprint density at radius 2 is 2.08 bits per heavy atom. The maximum Gasteiger partial charge on any atom is 0.316 e. The standard InChI is InChI=1S/C10H12O3/c1-13-10(12)8-5-3-2-4-6(5)7(4)9(8)11/h4-8H,2-3H2,1H3/t4?,5-,6+,7?,8+/m1/s1. The van der Waals surface area contributed by atoms with Crippen LogP contribution in [-0.4, -0.2) is 18.9 Å². The Morgan fingerprint density at radius 3 is 2.69 bits per heavy atom. The largest absolute Gasteiger partial charge is 0.468 e. The zero-order valence-corrected chi connectivity index (χ0v) is 7.53. The molecule has 3 heteroatoms. The molecule has 3 aliphatic carbocycles. The molecule has 0 N–H and O–H groups in total. The summed E-state index contributed by atoms with van der Waals surface area (Å²) in [7, 11) is 1.37. The lowest BCUT2D eigenvalue weighted by molar-refractivity contribution is -0.150. The van der Waals surface area contributed by atoms with Crippen LogP contribution in [0.25, 0.3) is 0 Å². The van der Waals surface area contributed by atoms with Crippen LogP contribution in [0.5, 0.6) is 0 Å². The second-order valence-electron chi connectivity index (χ2n) is 4.41. The van der Waals surface area contributed by atoms with Gasteiger partial charge < -0.3 is 4.74 Å². The van der Waals surface area contributed by atoms with E-state index in [1.54, 1.807) is 0 Å². The molecular weight excluding hydrogens is 168 g/mol. The van der Waals surface area contributed by atoms with Crippen LogP contribution in [0, 0.1) is 29.6 Å². The molecule has 3 saturated carbocycles. The summed E-state index contributed by atoms with van der Waals surface area (Å²) in [5, 5.41) is 0. The number of carbonyl (C=O) groups is 2. The smallest absolute Gasteiger partial charge is 0.316 e. The van der Waals surface area contributed by atoms with Crippen molar-refractivity contribution >= 4 is 11.8 Å². The molecule has 3 aliphatic rings. The van der Waals surface area contributed by atoms with E-state index in [4.69, 9.17) is 0 Å². The SMILES string of the molecule is COC(=O)[C@@H]1C(=O)C2C3CC[C@@H]1[C@H]32. The fourth-order valence-corrected chi connectivity index (χ4v) is 3.56. The van der Waals surface area contributed by atoms with Crippen LogP contribution in [0.1, 0.15) is 12.8 Å². The van der Waals surface area contributed by atoms with Crippen molar-refractivity contribution in [3.63, 3.8) is 0 Å². The summed E-state index contributed by atoms with van der Waals surface area (Å²) < 4.78 is 4.66. The first-order valence-electron chi connectivity index (χ1n) is 4.87. The highest BCUT2D eigenvalue weighted by Gasteiger charge is 2.71. The monoisotopic (exact) mass is 180 g/mol. The maximum atomic E-state index is 11.7. The maximum absolute atomic E-state index is 11.7. The highest BCUT2D eigenvalue weighted by Crippen LogP contribution is 2.68. The molecule has 13 heavy (non-hydrogen) atoms. The molecule has 70 valence electrons. The summed E-state index contributed by atoms with van der Waals surface area (Å²) in [6, 6.07) is 0. The van der Waals surface area contributed by atoms with Crippen molar-refractivity contribution in [2.24, 2.45) is 29.6 Å². The van der Waals surface area contributed by atoms with Gasteiger partial charge in [0.1, 0.15) is 5.92 Å². The van der Waals surface area contributed by atoms with Gasteiger partial charge >= 0.3 is 5.97 Å². The Balaban J connectivity index is 1.90. The molecule has 0 aromatic carbocycles. The molecule has 3 nitrogen and oxygen atoms in total. The average Bonchev–Trinajstić information content (AvgIpc) is 2.64. The number of hydrogen-bond acceptors (Lipinski definition) is 3. The van der Waals surface area contributed by atoms with Crippen molar-refractivity contribution in [1.82, 2.24) is 0 Å². The van der Waals surface area contributed by atoms with E-state index < -0.39 is 5.92 Å². The van der Waals surface area contributed by atoms with Gasteiger partial charge in [0.25, 0.3) is 0 Å². The van der Waals surface area contributed by atoms with Gasteiger partial charge in [0.05, 0.1) is 7.11 Å². The van der Waals surface area contributed by atoms with Crippen LogP contribution in [0.3, 0.4) is 0 Å². The number of ketones is 1. The van der Waals surface area contributed by atoms with E-state index in [0.717, 1.165) is 12.8 Å². The van der Waals surface area contributed by atoms with E-state index in [2.05, 4.69) is 4.74 Å². The number of Topliss-reactive ketones (excluding diaryl/α,β-unsaturated/α-hetero) is 1. The molecule has 0 bridgehead atoms. The lowest BCUT2D eigenvalue weighted by Gasteiger charge is -2.13. The summed E-state index contributed by atoms with van der Waals surface area (Å²) in [6.45, 7) is 0. The van der Waals surface area contributed by atoms with Crippen molar-refractivity contribution in [1.29, 1.82) is 0 Å². The first-order valence-corrected chi connectivity index (χ1v) is 4.87. The van der Waals surface area contributed by atoms with Crippen LogP contribution in [0.15, 0.2) is 0 Å². The zero-order valence-electron chi connectivity index (χ0n) is 7.53. The third kappa shape index (κ3) is 0.713. The van der Waals surface area contributed by atoms with E-state index in [0.29, 0.717) is 17.8 Å².